The summed E-state index contributed by atoms with van der Waals surface area (Å²) in [5.74, 6) is 0. The van der Waals surface area contributed by atoms with Gasteiger partial charge in [-0.3, -0.25) is 4.98 Å². The van der Waals surface area contributed by atoms with Gasteiger partial charge in [-0.15, -0.1) is 0 Å². The predicted molar refractivity (Wildman–Crippen MR) is 85.1 cm³/mol. The van der Waals surface area contributed by atoms with Crippen LogP contribution in [0.25, 0.3) is 0 Å². The molecule has 0 aliphatic heterocycles. The van der Waals surface area contributed by atoms with E-state index in [9.17, 15) is 0 Å². The van der Waals surface area contributed by atoms with Crippen molar-refractivity contribution in [2.24, 2.45) is 5.73 Å². The zero-order chi connectivity index (χ0) is 14.5. The Morgan fingerprint density at radius 3 is 2.70 bits per heavy atom. The van der Waals surface area contributed by atoms with Crippen molar-refractivity contribution in [2.45, 2.75) is 25.9 Å². The van der Waals surface area contributed by atoms with Gasteiger partial charge in [0, 0.05) is 32.0 Å². The number of rotatable bonds is 5. The van der Waals surface area contributed by atoms with E-state index in [1.54, 1.807) is 6.20 Å². The molecule has 2 N–H and O–H groups in total. The molecule has 1 aromatic heterocycles. The molecule has 3 nitrogen and oxygen atoms in total. The van der Waals surface area contributed by atoms with E-state index >= 15 is 0 Å². The van der Waals surface area contributed by atoms with Crippen molar-refractivity contribution in [2.75, 3.05) is 11.9 Å². The molecule has 0 radical (unpaired) electrons. The Kier molecular flexibility index (Phi) is 4.99. The summed E-state index contributed by atoms with van der Waals surface area (Å²) in [7, 11) is 2.03. The van der Waals surface area contributed by atoms with Gasteiger partial charge in [0.1, 0.15) is 0 Å². The van der Waals surface area contributed by atoms with Crippen LogP contribution in [0.2, 0.25) is 5.02 Å². The minimum absolute atomic E-state index is 0.144. The first-order valence-electron chi connectivity index (χ1n) is 6.70. The van der Waals surface area contributed by atoms with Crippen molar-refractivity contribution in [1.82, 2.24) is 4.98 Å². The number of benzene rings is 1. The molecule has 0 saturated carbocycles. The molecule has 0 bridgehead atoms. The van der Waals surface area contributed by atoms with Gasteiger partial charge in [-0.1, -0.05) is 23.7 Å². The van der Waals surface area contributed by atoms with Crippen LogP contribution in [0.5, 0.6) is 0 Å². The zero-order valence-electron chi connectivity index (χ0n) is 11.9. The summed E-state index contributed by atoms with van der Waals surface area (Å²) in [4.78, 5) is 6.25. The number of hydrogen-bond donors (Lipinski definition) is 1. The molecule has 1 heterocycles. The van der Waals surface area contributed by atoms with Gasteiger partial charge in [0.2, 0.25) is 0 Å². The van der Waals surface area contributed by atoms with E-state index in [1.807, 2.05) is 32.3 Å². The molecule has 0 amide bonds. The lowest BCUT2D eigenvalue weighted by Crippen LogP contribution is -2.19. The average Bonchev–Trinajstić information content (AvgIpc) is 2.39. The summed E-state index contributed by atoms with van der Waals surface area (Å²) in [6, 6.07) is 10.3. The van der Waals surface area contributed by atoms with Crippen LogP contribution in [-0.4, -0.2) is 18.1 Å². The first kappa shape index (κ1) is 14.8. The molecule has 0 spiro atoms. The third-order valence-electron chi connectivity index (χ3n) is 3.12. The van der Waals surface area contributed by atoms with Gasteiger partial charge < -0.3 is 10.6 Å². The highest BCUT2D eigenvalue weighted by Gasteiger charge is 2.08. The van der Waals surface area contributed by atoms with Crippen LogP contribution in [0.4, 0.5) is 5.69 Å². The molecular formula is C16H20ClN3. The number of aromatic nitrogens is 1. The van der Waals surface area contributed by atoms with E-state index in [2.05, 4.69) is 28.1 Å². The fourth-order valence-electron chi connectivity index (χ4n) is 2.21. The average molecular weight is 290 g/mol. The van der Waals surface area contributed by atoms with E-state index in [0.717, 1.165) is 29.2 Å². The second kappa shape index (κ2) is 6.73. The van der Waals surface area contributed by atoms with Crippen molar-refractivity contribution < 1.29 is 0 Å². The summed E-state index contributed by atoms with van der Waals surface area (Å²) in [5, 5.41) is 0.759. The number of nitrogens with zero attached hydrogens (tertiary/aromatic N) is 2. The lowest BCUT2D eigenvalue weighted by Gasteiger charge is -2.21. The molecule has 1 unspecified atom stereocenters. The van der Waals surface area contributed by atoms with Crippen LogP contribution in [-0.2, 0) is 13.0 Å². The van der Waals surface area contributed by atoms with E-state index in [-0.39, 0.29) is 6.04 Å². The molecule has 4 heteroatoms. The first-order valence-corrected chi connectivity index (χ1v) is 7.08. The Hall–Kier alpha value is -1.58. The highest BCUT2D eigenvalue weighted by Crippen LogP contribution is 2.27. The fraction of sp³-hybridized carbons (Fsp3) is 0.312. The number of halogens is 1. The van der Waals surface area contributed by atoms with Crippen LogP contribution < -0.4 is 10.6 Å². The van der Waals surface area contributed by atoms with Crippen LogP contribution in [0, 0.1) is 0 Å². The Balaban J connectivity index is 2.12. The molecule has 1 aromatic carbocycles. The Labute approximate surface area is 125 Å². The van der Waals surface area contributed by atoms with Crippen LogP contribution in [0.1, 0.15) is 18.1 Å². The first-order chi connectivity index (χ1) is 9.56. The molecule has 1 atom stereocenters. The number of anilines is 1. The Morgan fingerprint density at radius 2 is 2.10 bits per heavy atom. The number of nitrogens with two attached hydrogens (primary N) is 1. The maximum atomic E-state index is 6.38. The van der Waals surface area contributed by atoms with Gasteiger partial charge in [0.15, 0.2) is 0 Å². The molecule has 2 rings (SSSR count). The normalized spacial score (nSPS) is 12.2. The molecule has 20 heavy (non-hydrogen) atoms. The molecule has 0 saturated heterocycles. The largest absolute Gasteiger partial charge is 0.369 e. The van der Waals surface area contributed by atoms with Gasteiger partial charge in [-0.2, -0.15) is 0 Å². The van der Waals surface area contributed by atoms with E-state index in [0.29, 0.717) is 0 Å². The summed E-state index contributed by atoms with van der Waals surface area (Å²) < 4.78 is 0. The van der Waals surface area contributed by atoms with Crippen LogP contribution >= 0.6 is 11.6 Å². The molecular weight excluding hydrogens is 270 g/mol. The predicted octanol–water partition coefficient (Wildman–Crippen LogP) is 3.26. The molecule has 2 aromatic rings. The van der Waals surface area contributed by atoms with Crippen molar-refractivity contribution in [3.63, 3.8) is 0 Å². The monoisotopic (exact) mass is 289 g/mol. The third kappa shape index (κ3) is 3.95. The molecule has 106 valence electrons. The maximum Gasteiger partial charge on any atom is 0.0642 e. The van der Waals surface area contributed by atoms with Crippen LogP contribution in [0.15, 0.2) is 42.7 Å². The summed E-state index contributed by atoms with van der Waals surface area (Å²) in [6.07, 6.45) is 4.49. The highest BCUT2D eigenvalue weighted by atomic mass is 35.5. The summed E-state index contributed by atoms with van der Waals surface area (Å²) in [6.45, 7) is 2.77. The SMILES string of the molecule is CC(N)Cc1ccc(N(C)Cc2cccnc2)c(Cl)c1. The van der Waals surface area contributed by atoms with E-state index in [4.69, 9.17) is 17.3 Å². The number of pyridine rings is 1. The van der Waals surface area contributed by atoms with Gasteiger partial charge in [-0.25, -0.2) is 0 Å². The van der Waals surface area contributed by atoms with E-state index in [1.165, 1.54) is 5.56 Å². The van der Waals surface area contributed by atoms with Crippen molar-refractivity contribution in [3.05, 3.63) is 58.9 Å². The standard InChI is InChI=1S/C16H20ClN3/c1-12(18)8-13-5-6-16(15(17)9-13)20(2)11-14-4-3-7-19-10-14/h3-7,9-10,12H,8,11,18H2,1-2H3. The molecule has 0 fully saturated rings. The lowest BCUT2D eigenvalue weighted by atomic mass is 10.1. The third-order valence-corrected chi connectivity index (χ3v) is 3.43. The van der Waals surface area contributed by atoms with Crippen molar-refractivity contribution in [3.8, 4) is 0 Å². The highest BCUT2D eigenvalue weighted by molar-refractivity contribution is 6.33. The maximum absolute atomic E-state index is 6.38. The Bertz CT molecular complexity index is 555. The quantitative estimate of drug-likeness (QED) is 0.919. The van der Waals surface area contributed by atoms with Crippen molar-refractivity contribution in [1.29, 1.82) is 0 Å². The summed E-state index contributed by atoms with van der Waals surface area (Å²) in [5.41, 5.74) is 9.16. The second-order valence-electron chi connectivity index (χ2n) is 5.18. The van der Waals surface area contributed by atoms with Gasteiger partial charge in [0.05, 0.1) is 10.7 Å². The minimum Gasteiger partial charge on any atom is -0.369 e. The fourth-order valence-corrected chi connectivity index (χ4v) is 2.56. The van der Waals surface area contributed by atoms with Crippen molar-refractivity contribution >= 4 is 17.3 Å². The molecule has 0 aliphatic rings. The van der Waals surface area contributed by atoms with Crippen LogP contribution in [0.3, 0.4) is 0 Å². The lowest BCUT2D eigenvalue weighted by molar-refractivity contribution is 0.738. The second-order valence-corrected chi connectivity index (χ2v) is 5.59. The topological polar surface area (TPSA) is 42.1 Å². The Morgan fingerprint density at radius 1 is 1.30 bits per heavy atom. The zero-order valence-corrected chi connectivity index (χ0v) is 12.6. The molecule has 0 aliphatic carbocycles. The summed E-state index contributed by atoms with van der Waals surface area (Å²) >= 11 is 6.38. The minimum atomic E-state index is 0.144. The smallest absolute Gasteiger partial charge is 0.0642 e. The number of hydrogen-bond acceptors (Lipinski definition) is 3. The van der Waals surface area contributed by atoms with E-state index < -0.39 is 0 Å². The van der Waals surface area contributed by atoms with Gasteiger partial charge in [-0.05, 0) is 42.7 Å². The van der Waals surface area contributed by atoms with Gasteiger partial charge in [0.25, 0.3) is 0 Å². The van der Waals surface area contributed by atoms with Gasteiger partial charge >= 0.3 is 0 Å².